The van der Waals surface area contributed by atoms with Crippen LogP contribution < -0.4 is 0 Å². The van der Waals surface area contributed by atoms with Crippen molar-refractivity contribution in [2.24, 2.45) is 0 Å². The van der Waals surface area contributed by atoms with Crippen LogP contribution in [0.1, 0.15) is 5.56 Å². The van der Waals surface area contributed by atoms with Gasteiger partial charge in [-0.3, -0.25) is 4.98 Å². The van der Waals surface area contributed by atoms with E-state index in [4.69, 9.17) is 10.4 Å². The number of carbonyl (C=O) groups is 1. The minimum atomic E-state index is -1.23. The largest absolute Gasteiger partial charge is 0.477 e. The lowest BCUT2D eigenvalue weighted by molar-refractivity contribution is -0.132. The van der Waals surface area contributed by atoms with Crippen molar-refractivity contribution in [1.29, 1.82) is 5.26 Å². The molecule has 1 aromatic carbocycles. The highest BCUT2D eigenvalue weighted by atomic mass is 16.4. The normalized spacial score (nSPS) is 11.1. The SMILES string of the molecule is N#C/C(=C/c1ccnc2ccccc12)C(=O)O. The molecule has 0 aliphatic rings. The molecule has 0 atom stereocenters. The molecule has 2 rings (SSSR count). The summed E-state index contributed by atoms with van der Waals surface area (Å²) in [6.45, 7) is 0. The number of nitrogens with zero attached hydrogens (tertiary/aromatic N) is 2. The topological polar surface area (TPSA) is 74.0 Å². The molecule has 4 nitrogen and oxygen atoms in total. The Balaban J connectivity index is 2.65. The van der Waals surface area contributed by atoms with E-state index in [-0.39, 0.29) is 5.57 Å². The molecule has 1 aromatic heterocycles. The maximum Gasteiger partial charge on any atom is 0.346 e. The van der Waals surface area contributed by atoms with Gasteiger partial charge in [-0.25, -0.2) is 4.79 Å². The van der Waals surface area contributed by atoms with Crippen LogP contribution in [0.4, 0.5) is 0 Å². The Hall–Kier alpha value is -2.67. The standard InChI is InChI=1S/C13H8N2O2/c14-8-10(13(16)17)7-9-5-6-15-12-4-2-1-3-11(9)12/h1-7H,(H,16,17)/b10-7-. The fourth-order valence-electron chi connectivity index (χ4n) is 1.54. The molecule has 0 saturated carbocycles. The number of rotatable bonds is 2. The smallest absolute Gasteiger partial charge is 0.346 e. The van der Waals surface area contributed by atoms with E-state index in [0.29, 0.717) is 5.56 Å². The number of aliphatic carboxylic acids is 1. The van der Waals surface area contributed by atoms with Crippen molar-refractivity contribution in [3.8, 4) is 6.07 Å². The van der Waals surface area contributed by atoms with E-state index < -0.39 is 5.97 Å². The molecular weight excluding hydrogens is 216 g/mol. The summed E-state index contributed by atoms with van der Waals surface area (Å²) in [4.78, 5) is 14.9. The zero-order valence-electron chi connectivity index (χ0n) is 8.79. The number of fused-ring (bicyclic) bond motifs is 1. The average Bonchev–Trinajstić information content (AvgIpc) is 2.35. The monoisotopic (exact) mass is 224 g/mol. The Morgan fingerprint density at radius 2 is 2.12 bits per heavy atom. The van der Waals surface area contributed by atoms with E-state index in [1.165, 1.54) is 6.08 Å². The number of benzene rings is 1. The second-order valence-electron chi connectivity index (χ2n) is 3.39. The van der Waals surface area contributed by atoms with Gasteiger partial charge in [0.1, 0.15) is 11.6 Å². The molecule has 1 heterocycles. The fourth-order valence-corrected chi connectivity index (χ4v) is 1.54. The second-order valence-corrected chi connectivity index (χ2v) is 3.39. The summed E-state index contributed by atoms with van der Waals surface area (Å²) in [5.41, 5.74) is 1.15. The lowest BCUT2D eigenvalue weighted by Crippen LogP contribution is -1.97. The highest BCUT2D eigenvalue weighted by molar-refractivity contribution is 5.99. The Morgan fingerprint density at radius 3 is 2.82 bits per heavy atom. The van der Waals surface area contributed by atoms with Gasteiger partial charge in [0.25, 0.3) is 0 Å². The molecule has 2 aromatic rings. The van der Waals surface area contributed by atoms with E-state index in [1.807, 2.05) is 24.3 Å². The van der Waals surface area contributed by atoms with E-state index >= 15 is 0 Å². The molecule has 0 saturated heterocycles. The van der Waals surface area contributed by atoms with Crippen LogP contribution in [0, 0.1) is 11.3 Å². The quantitative estimate of drug-likeness (QED) is 0.627. The maximum atomic E-state index is 10.8. The van der Waals surface area contributed by atoms with Crippen LogP contribution in [0.2, 0.25) is 0 Å². The molecule has 17 heavy (non-hydrogen) atoms. The van der Waals surface area contributed by atoms with Crippen molar-refractivity contribution in [2.45, 2.75) is 0 Å². The Labute approximate surface area is 97.5 Å². The van der Waals surface area contributed by atoms with Crippen LogP contribution in [0.15, 0.2) is 42.1 Å². The Morgan fingerprint density at radius 1 is 1.35 bits per heavy atom. The van der Waals surface area contributed by atoms with Gasteiger partial charge in [0.05, 0.1) is 5.52 Å². The van der Waals surface area contributed by atoms with Gasteiger partial charge in [-0.15, -0.1) is 0 Å². The van der Waals surface area contributed by atoms with Gasteiger partial charge in [0.2, 0.25) is 0 Å². The van der Waals surface area contributed by atoms with Crippen molar-refractivity contribution in [1.82, 2.24) is 4.98 Å². The van der Waals surface area contributed by atoms with Crippen molar-refractivity contribution in [3.05, 3.63) is 47.7 Å². The molecule has 0 fully saturated rings. The molecule has 82 valence electrons. The zero-order chi connectivity index (χ0) is 12.3. The molecule has 4 heteroatoms. The van der Waals surface area contributed by atoms with Gasteiger partial charge < -0.3 is 5.11 Å². The number of aromatic nitrogens is 1. The van der Waals surface area contributed by atoms with Crippen LogP contribution in [0.5, 0.6) is 0 Å². The van der Waals surface area contributed by atoms with Gasteiger partial charge in [-0.1, -0.05) is 18.2 Å². The Bertz CT molecular complexity index is 649. The van der Waals surface area contributed by atoms with Crippen LogP contribution in [0.25, 0.3) is 17.0 Å². The number of hydrogen-bond acceptors (Lipinski definition) is 3. The lowest BCUT2D eigenvalue weighted by Gasteiger charge is -2.00. The van der Waals surface area contributed by atoms with Gasteiger partial charge in [-0.2, -0.15) is 5.26 Å². The number of para-hydroxylation sites is 1. The summed E-state index contributed by atoms with van der Waals surface area (Å²) in [6, 6.07) is 10.7. The summed E-state index contributed by atoms with van der Waals surface area (Å²) in [6.07, 6.45) is 2.94. The van der Waals surface area contributed by atoms with E-state index in [2.05, 4.69) is 4.98 Å². The van der Waals surface area contributed by atoms with Crippen molar-refractivity contribution >= 4 is 22.9 Å². The van der Waals surface area contributed by atoms with Crippen molar-refractivity contribution < 1.29 is 9.90 Å². The summed E-state index contributed by atoms with van der Waals surface area (Å²) in [5.74, 6) is -1.23. The molecule has 0 unspecified atom stereocenters. The molecule has 1 N–H and O–H groups in total. The van der Waals surface area contributed by atoms with Gasteiger partial charge >= 0.3 is 5.97 Å². The highest BCUT2D eigenvalue weighted by Crippen LogP contribution is 2.18. The van der Waals surface area contributed by atoms with E-state index in [1.54, 1.807) is 18.3 Å². The van der Waals surface area contributed by atoms with Gasteiger partial charge in [0.15, 0.2) is 0 Å². The molecule has 0 radical (unpaired) electrons. The van der Waals surface area contributed by atoms with E-state index in [9.17, 15) is 4.79 Å². The summed E-state index contributed by atoms with van der Waals surface area (Å²) < 4.78 is 0. The molecule has 0 aliphatic carbocycles. The number of hydrogen-bond donors (Lipinski definition) is 1. The fraction of sp³-hybridized carbons (Fsp3) is 0. The summed E-state index contributed by atoms with van der Waals surface area (Å²) in [7, 11) is 0. The number of nitriles is 1. The molecule has 0 amide bonds. The van der Waals surface area contributed by atoms with Crippen molar-refractivity contribution in [3.63, 3.8) is 0 Å². The van der Waals surface area contributed by atoms with Crippen LogP contribution in [-0.4, -0.2) is 16.1 Å². The van der Waals surface area contributed by atoms with Crippen LogP contribution in [0.3, 0.4) is 0 Å². The lowest BCUT2D eigenvalue weighted by atomic mass is 10.1. The highest BCUT2D eigenvalue weighted by Gasteiger charge is 2.07. The number of carboxylic acid groups (broad SMARTS) is 1. The number of pyridine rings is 1. The number of carboxylic acids is 1. The minimum absolute atomic E-state index is 0.290. The summed E-state index contributed by atoms with van der Waals surface area (Å²) >= 11 is 0. The van der Waals surface area contributed by atoms with Crippen LogP contribution >= 0.6 is 0 Å². The third-order valence-electron chi connectivity index (χ3n) is 2.33. The molecule has 0 bridgehead atoms. The average molecular weight is 224 g/mol. The van der Waals surface area contributed by atoms with Crippen molar-refractivity contribution in [2.75, 3.05) is 0 Å². The maximum absolute atomic E-state index is 10.8. The molecular formula is C13H8N2O2. The van der Waals surface area contributed by atoms with Gasteiger partial charge in [-0.05, 0) is 23.8 Å². The first-order chi connectivity index (χ1) is 8.22. The first kappa shape index (κ1) is 10.8. The third-order valence-corrected chi connectivity index (χ3v) is 2.33. The Kier molecular flexibility index (Phi) is 2.84. The zero-order valence-corrected chi connectivity index (χ0v) is 8.79. The second kappa shape index (κ2) is 4.45. The first-order valence-electron chi connectivity index (χ1n) is 4.91. The van der Waals surface area contributed by atoms with E-state index in [0.717, 1.165) is 10.9 Å². The first-order valence-corrected chi connectivity index (χ1v) is 4.91. The van der Waals surface area contributed by atoms with Gasteiger partial charge in [0, 0.05) is 11.6 Å². The molecule has 0 spiro atoms. The molecule has 0 aliphatic heterocycles. The predicted octanol–water partition coefficient (Wildman–Crippen LogP) is 2.23. The summed E-state index contributed by atoms with van der Waals surface area (Å²) in [5, 5.41) is 18.3. The minimum Gasteiger partial charge on any atom is -0.477 e. The van der Waals surface area contributed by atoms with Crippen LogP contribution in [-0.2, 0) is 4.79 Å². The predicted molar refractivity (Wildman–Crippen MR) is 63.0 cm³/mol. The third kappa shape index (κ3) is 2.13.